The lowest BCUT2D eigenvalue weighted by Gasteiger charge is -2.02. The summed E-state index contributed by atoms with van der Waals surface area (Å²) in [5, 5.41) is 21.6. The first-order valence-electron chi connectivity index (χ1n) is 5.35. The number of carbonyl (C=O) groups is 2. The molecule has 19 heavy (non-hydrogen) atoms. The Morgan fingerprint density at radius 3 is 2.26 bits per heavy atom. The fraction of sp³-hybridized carbons (Fsp3) is 0.273. The second kappa shape index (κ2) is 5.80. The smallest absolute Gasteiger partial charge is 0.299 e. The predicted octanol–water partition coefficient (Wildman–Crippen LogP) is 2.05. The second-order valence-electron chi connectivity index (χ2n) is 3.68. The van der Waals surface area contributed by atoms with Crippen LogP contribution in [0.5, 0.6) is 0 Å². The Hall–Kier alpha value is -2.64. The Labute approximate surface area is 107 Å². The first kappa shape index (κ1) is 14.4. The summed E-state index contributed by atoms with van der Waals surface area (Å²) in [6.07, 6.45) is -0.382. The van der Waals surface area contributed by atoms with Gasteiger partial charge in [-0.3, -0.25) is 29.8 Å². The number of hydrogen-bond acceptors (Lipinski definition) is 6. The SMILES string of the molecule is CCC(=O)CC(=O)c1cccc([N+](=O)[O-])c1[N+](=O)[O-]. The second-order valence-corrected chi connectivity index (χ2v) is 3.68. The minimum atomic E-state index is -0.984. The molecule has 0 radical (unpaired) electrons. The number of carbonyl (C=O) groups excluding carboxylic acids is 2. The van der Waals surface area contributed by atoms with Crippen molar-refractivity contribution in [2.45, 2.75) is 19.8 Å². The van der Waals surface area contributed by atoms with Crippen LogP contribution in [0.1, 0.15) is 30.1 Å². The topological polar surface area (TPSA) is 120 Å². The summed E-state index contributed by atoms with van der Waals surface area (Å²) in [4.78, 5) is 42.6. The van der Waals surface area contributed by atoms with E-state index in [0.29, 0.717) is 0 Å². The maximum absolute atomic E-state index is 11.8. The summed E-state index contributed by atoms with van der Waals surface area (Å²) in [5.74, 6) is -1.17. The van der Waals surface area contributed by atoms with Gasteiger partial charge in [0.25, 0.3) is 0 Å². The molecule has 1 aromatic rings. The summed E-state index contributed by atoms with van der Waals surface area (Å²) < 4.78 is 0. The van der Waals surface area contributed by atoms with Crippen molar-refractivity contribution in [2.75, 3.05) is 0 Å². The van der Waals surface area contributed by atoms with Crippen molar-refractivity contribution in [3.05, 3.63) is 44.0 Å². The van der Waals surface area contributed by atoms with E-state index in [9.17, 15) is 29.8 Å². The van der Waals surface area contributed by atoms with Gasteiger partial charge in [0.1, 0.15) is 11.3 Å². The summed E-state index contributed by atoms with van der Waals surface area (Å²) >= 11 is 0. The van der Waals surface area contributed by atoms with Crippen LogP contribution < -0.4 is 0 Å². The van der Waals surface area contributed by atoms with E-state index in [0.717, 1.165) is 12.1 Å². The zero-order valence-corrected chi connectivity index (χ0v) is 9.99. The molecule has 0 fully saturated rings. The van der Waals surface area contributed by atoms with Gasteiger partial charge in [0.05, 0.1) is 16.3 Å². The molecule has 1 aromatic carbocycles. The molecular formula is C11H10N2O6. The fourth-order valence-electron chi connectivity index (χ4n) is 1.49. The molecule has 0 saturated carbocycles. The molecule has 0 amide bonds. The Balaban J connectivity index is 3.31. The number of nitrogens with zero attached hydrogens (tertiary/aromatic N) is 2. The van der Waals surface area contributed by atoms with E-state index in [-0.39, 0.29) is 12.2 Å². The highest BCUT2D eigenvalue weighted by Gasteiger charge is 2.31. The summed E-state index contributed by atoms with van der Waals surface area (Å²) in [6.45, 7) is 1.55. The monoisotopic (exact) mass is 266 g/mol. The molecule has 0 atom stereocenters. The minimum absolute atomic E-state index is 0.120. The van der Waals surface area contributed by atoms with E-state index in [1.54, 1.807) is 6.92 Å². The lowest BCUT2D eigenvalue weighted by atomic mass is 10.0. The third-order valence-corrected chi connectivity index (χ3v) is 2.45. The molecule has 0 aliphatic heterocycles. The van der Waals surface area contributed by atoms with Gasteiger partial charge in [-0.1, -0.05) is 13.0 Å². The zero-order valence-electron chi connectivity index (χ0n) is 9.99. The fourth-order valence-corrected chi connectivity index (χ4v) is 1.49. The Morgan fingerprint density at radius 1 is 1.16 bits per heavy atom. The van der Waals surface area contributed by atoms with Gasteiger partial charge in [-0.15, -0.1) is 0 Å². The van der Waals surface area contributed by atoms with Crippen LogP contribution >= 0.6 is 0 Å². The molecule has 0 heterocycles. The first-order chi connectivity index (χ1) is 8.88. The highest BCUT2D eigenvalue weighted by atomic mass is 16.6. The minimum Gasteiger partial charge on any atom is -0.299 e. The normalized spacial score (nSPS) is 9.95. The van der Waals surface area contributed by atoms with Gasteiger partial charge in [-0.25, -0.2) is 0 Å². The van der Waals surface area contributed by atoms with Gasteiger partial charge in [-0.05, 0) is 6.07 Å². The maximum Gasteiger partial charge on any atom is 0.356 e. The van der Waals surface area contributed by atoms with Crippen molar-refractivity contribution in [1.82, 2.24) is 0 Å². The number of ketones is 2. The van der Waals surface area contributed by atoms with Gasteiger partial charge < -0.3 is 0 Å². The summed E-state index contributed by atoms with van der Waals surface area (Å²) in [5.41, 5.74) is -2.05. The first-order valence-corrected chi connectivity index (χ1v) is 5.35. The van der Waals surface area contributed by atoms with Crippen molar-refractivity contribution in [1.29, 1.82) is 0 Å². The molecule has 0 unspecified atom stereocenters. The molecule has 0 bridgehead atoms. The Bertz CT molecular complexity index is 566. The molecule has 0 aromatic heterocycles. The molecule has 0 spiro atoms. The molecule has 0 N–H and O–H groups in total. The quantitative estimate of drug-likeness (QED) is 0.336. The molecule has 8 nitrogen and oxygen atoms in total. The average molecular weight is 266 g/mol. The molecule has 100 valence electrons. The van der Waals surface area contributed by atoms with E-state index in [2.05, 4.69) is 0 Å². The highest BCUT2D eigenvalue weighted by molar-refractivity contribution is 6.10. The molecule has 0 saturated heterocycles. The van der Waals surface area contributed by atoms with E-state index in [4.69, 9.17) is 0 Å². The van der Waals surface area contributed by atoms with Crippen LogP contribution in [0.3, 0.4) is 0 Å². The van der Waals surface area contributed by atoms with Crippen molar-refractivity contribution in [3.63, 3.8) is 0 Å². The maximum atomic E-state index is 11.8. The van der Waals surface area contributed by atoms with Crippen molar-refractivity contribution >= 4 is 22.9 Å². The van der Waals surface area contributed by atoms with Gasteiger partial charge in [0.2, 0.25) is 0 Å². The van der Waals surface area contributed by atoms with E-state index in [1.165, 1.54) is 6.07 Å². The number of nitro benzene ring substituents is 2. The zero-order chi connectivity index (χ0) is 14.6. The highest BCUT2D eigenvalue weighted by Crippen LogP contribution is 2.31. The van der Waals surface area contributed by atoms with Gasteiger partial charge >= 0.3 is 11.4 Å². The number of benzene rings is 1. The van der Waals surface area contributed by atoms with Crippen molar-refractivity contribution < 1.29 is 19.4 Å². The van der Waals surface area contributed by atoms with Crippen LogP contribution in [0, 0.1) is 20.2 Å². The number of rotatable bonds is 6. The van der Waals surface area contributed by atoms with Crippen LogP contribution in [-0.2, 0) is 4.79 Å². The number of para-hydroxylation sites is 1. The Morgan fingerprint density at radius 2 is 1.79 bits per heavy atom. The van der Waals surface area contributed by atoms with Crippen LogP contribution in [0.25, 0.3) is 0 Å². The van der Waals surface area contributed by atoms with E-state index < -0.39 is 39.0 Å². The van der Waals surface area contributed by atoms with E-state index >= 15 is 0 Å². The van der Waals surface area contributed by atoms with Gasteiger partial charge in [0.15, 0.2) is 5.78 Å². The van der Waals surface area contributed by atoms with E-state index in [1.807, 2.05) is 0 Å². The molecule has 1 rings (SSSR count). The van der Waals surface area contributed by atoms with Gasteiger partial charge in [0, 0.05) is 12.5 Å². The molecular weight excluding hydrogens is 256 g/mol. The van der Waals surface area contributed by atoms with Crippen LogP contribution in [0.2, 0.25) is 0 Å². The largest absolute Gasteiger partial charge is 0.356 e. The standard InChI is InChI=1S/C11H10N2O6/c1-2-7(14)6-10(15)8-4-3-5-9(12(16)17)11(8)13(18)19/h3-5H,2,6H2,1H3. The third kappa shape index (κ3) is 3.18. The van der Waals surface area contributed by atoms with Crippen LogP contribution in [0.15, 0.2) is 18.2 Å². The van der Waals surface area contributed by atoms with Crippen molar-refractivity contribution in [3.8, 4) is 0 Å². The summed E-state index contributed by atoms with van der Waals surface area (Å²) in [7, 11) is 0. The van der Waals surface area contributed by atoms with Crippen molar-refractivity contribution in [2.24, 2.45) is 0 Å². The number of nitro groups is 2. The number of Topliss-reactive ketones (excluding diaryl/α,β-unsaturated/α-hetero) is 2. The van der Waals surface area contributed by atoms with Crippen LogP contribution in [0.4, 0.5) is 11.4 Å². The molecule has 8 heteroatoms. The Kier molecular flexibility index (Phi) is 4.41. The average Bonchev–Trinajstić information content (AvgIpc) is 2.37. The number of hydrogen-bond donors (Lipinski definition) is 0. The van der Waals surface area contributed by atoms with Gasteiger partial charge in [-0.2, -0.15) is 0 Å². The lowest BCUT2D eigenvalue weighted by molar-refractivity contribution is -0.422. The molecule has 0 aliphatic carbocycles. The molecule has 0 aliphatic rings. The lowest BCUT2D eigenvalue weighted by Crippen LogP contribution is -2.10. The summed E-state index contributed by atoms with van der Waals surface area (Å²) in [6, 6.07) is 3.22. The third-order valence-electron chi connectivity index (χ3n) is 2.45. The predicted molar refractivity (Wildman–Crippen MR) is 64.0 cm³/mol. The van der Waals surface area contributed by atoms with Crippen LogP contribution in [-0.4, -0.2) is 21.4 Å².